The molecule has 32 heavy (non-hydrogen) atoms. The zero-order chi connectivity index (χ0) is 24.1. The molecule has 0 saturated heterocycles. The Morgan fingerprint density at radius 3 is 2.09 bits per heavy atom. The number of ether oxygens (including phenoxy) is 2. The number of Topliss-reactive ketones (excluding diaryl/α,β-unsaturated/α-hetero) is 2. The fourth-order valence-electron chi connectivity index (χ4n) is 3.19. The van der Waals surface area contributed by atoms with Gasteiger partial charge in [-0.2, -0.15) is 5.10 Å². The minimum atomic E-state index is -0.889. The summed E-state index contributed by atoms with van der Waals surface area (Å²) in [5.74, 6) is 3.15. The van der Waals surface area contributed by atoms with Crippen molar-refractivity contribution in [2.75, 3.05) is 20.3 Å². The van der Waals surface area contributed by atoms with Crippen LogP contribution in [0.3, 0.4) is 0 Å². The van der Waals surface area contributed by atoms with E-state index in [4.69, 9.17) is 4.74 Å². The number of aryl methyl sites for hydroxylation is 1. The minimum absolute atomic E-state index is 0.00776. The highest BCUT2D eigenvalue weighted by Gasteiger charge is 2.29. The highest BCUT2D eigenvalue weighted by molar-refractivity contribution is 6.37. The van der Waals surface area contributed by atoms with Crippen molar-refractivity contribution in [3.8, 4) is 0 Å². The zero-order valence-electron chi connectivity index (χ0n) is 19.5. The molecule has 2 aliphatic rings. The first-order valence-electron chi connectivity index (χ1n) is 11.1. The van der Waals surface area contributed by atoms with Crippen molar-refractivity contribution in [1.29, 1.82) is 0 Å². The molecule has 3 N–H and O–H groups in total. The normalized spacial score (nSPS) is 15.0. The summed E-state index contributed by atoms with van der Waals surface area (Å²) in [5.41, 5.74) is 3.84. The van der Waals surface area contributed by atoms with Crippen LogP contribution in [-0.2, 0) is 30.9 Å². The molecule has 0 radical (unpaired) electrons. The number of carbonyl (C=O) groups excluding carboxylic acids is 4. The number of nitrogens with one attached hydrogen (secondary N) is 1. The van der Waals surface area contributed by atoms with Crippen LogP contribution in [0.4, 0.5) is 0 Å². The van der Waals surface area contributed by atoms with Crippen molar-refractivity contribution in [2.45, 2.75) is 64.7 Å². The Morgan fingerprint density at radius 1 is 1.09 bits per heavy atom. The summed E-state index contributed by atoms with van der Waals surface area (Å²) in [7, 11) is 3.54. The number of hydrazine groups is 1. The fourth-order valence-corrected chi connectivity index (χ4v) is 3.19. The zero-order valence-corrected chi connectivity index (χ0v) is 19.5. The Kier molecular flexibility index (Phi) is 12.4. The number of ketones is 2. The SMILES string of the molecule is CCOC(=O)C(=O)CC(=O)C1CCC1.CCOC(=O)c1cc(C2CCC2)n(C)n1.CNN. The van der Waals surface area contributed by atoms with Gasteiger partial charge in [-0.05, 0) is 52.6 Å². The predicted octanol–water partition coefficient (Wildman–Crippen LogP) is 1.82. The average Bonchev–Trinajstić information content (AvgIpc) is 3.02. The van der Waals surface area contributed by atoms with Crippen molar-refractivity contribution in [1.82, 2.24) is 15.2 Å². The smallest absolute Gasteiger partial charge is 0.375 e. The van der Waals surface area contributed by atoms with Gasteiger partial charge >= 0.3 is 11.9 Å². The first kappa shape index (κ1) is 27.4. The second kappa shape index (κ2) is 14.5. The van der Waals surface area contributed by atoms with Crippen molar-refractivity contribution in [3.63, 3.8) is 0 Å². The minimum Gasteiger partial charge on any atom is -0.461 e. The molecule has 2 fully saturated rings. The predicted molar refractivity (Wildman–Crippen MR) is 118 cm³/mol. The van der Waals surface area contributed by atoms with E-state index in [1.807, 2.05) is 13.1 Å². The third kappa shape index (κ3) is 8.51. The Hall–Kier alpha value is -2.59. The maximum Gasteiger partial charge on any atom is 0.375 e. The van der Waals surface area contributed by atoms with E-state index >= 15 is 0 Å². The standard InChI is InChI=1S/C11H16N2O2.C10H14O4.CH6N2/c1-3-15-11(14)9-7-10(13(2)12-9)8-5-4-6-8;1-2-14-10(13)9(12)6-8(11)7-4-3-5-7;1-3-2/h7-8H,3-6H2,1-2H3;7H,2-6H2,1H3;3H,2H2,1H3. The van der Waals surface area contributed by atoms with Crippen LogP contribution in [0.25, 0.3) is 0 Å². The van der Waals surface area contributed by atoms with E-state index in [2.05, 4.69) is 21.1 Å². The van der Waals surface area contributed by atoms with Crippen LogP contribution in [0.5, 0.6) is 0 Å². The highest BCUT2D eigenvalue weighted by atomic mass is 16.5. The van der Waals surface area contributed by atoms with Gasteiger partial charge in [-0.1, -0.05) is 12.8 Å². The Morgan fingerprint density at radius 2 is 1.66 bits per heavy atom. The lowest BCUT2D eigenvalue weighted by molar-refractivity contribution is -0.154. The van der Waals surface area contributed by atoms with Crippen LogP contribution >= 0.6 is 0 Å². The monoisotopic (exact) mass is 452 g/mol. The third-order valence-corrected chi connectivity index (χ3v) is 5.32. The summed E-state index contributed by atoms with van der Waals surface area (Å²) >= 11 is 0. The van der Waals surface area contributed by atoms with Crippen molar-refractivity contribution >= 4 is 23.5 Å². The van der Waals surface area contributed by atoms with Gasteiger partial charge in [0.05, 0.1) is 19.6 Å². The molecule has 0 aromatic carbocycles. The molecule has 10 nitrogen and oxygen atoms in total. The molecule has 1 aromatic heterocycles. The maximum absolute atomic E-state index is 11.4. The molecule has 180 valence electrons. The van der Waals surface area contributed by atoms with Crippen LogP contribution in [-0.4, -0.2) is 53.5 Å². The van der Waals surface area contributed by atoms with Gasteiger partial charge in [-0.15, -0.1) is 0 Å². The third-order valence-electron chi connectivity index (χ3n) is 5.32. The topological polar surface area (TPSA) is 143 Å². The molecule has 10 heteroatoms. The van der Waals surface area contributed by atoms with E-state index in [1.165, 1.54) is 19.3 Å². The number of nitrogens with two attached hydrogens (primary N) is 1. The van der Waals surface area contributed by atoms with Gasteiger partial charge in [0.1, 0.15) is 5.78 Å². The van der Waals surface area contributed by atoms with Gasteiger partial charge in [-0.3, -0.25) is 25.5 Å². The number of rotatable bonds is 8. The van der Waals surface area contributed by atoms with Gasteiger partial charge < -0.3 is 9.47 Å². The molecule has 2 saturated carbocycles. The van der Waals surface area contributed by atoms with E-state index in [9.17, 15) is 19.2 Å². The Bertz CT molecular complexity index is 768. The van der Waals surface area contributed by atoms with Crippen molar-refractivity contribution in [3.05, 3.63) is 17.5 Å². The largest absolute Gasteiger partial charge is 0.461 e. The van der Waals surface area contributed by atoms with Crippen LogP contribution in [0, 0.1) is 5.92 Å². The lowest BCUT2D eigenvalue weighted by Gasteiger charge is -2.24. The molecule has 1 heterocycles. The first-order chi connectivity index (χ1) is 15.3. The average molecular weight is 453 g/mol. The molecule has 0 aliphatic heterocycles. The maximum atomic E-state index is 11.4. The molecule has 3 rings (SSSR count). The van der Waals surface area contributed by atoms with Crippen LogP contribution < -0.4 is 11.3 Å². The summed E-state index contributed by atoms with van der Waals surface area (Å²) in [6, 6.07) is 1.86. The van der Waals surface area contributed by atoms with Crippen LogP contribution in [0.2, 0.25) is 0 Å². The Balaban J connectivity index is 0.000000286. The number of hydrogen-bond acceptors (Lipinski definition) is 9. The summed E-state index contributed by atoms with van der Waals surface area (Å²) in [4.78, 5) is 44.7. The summed E-state index contributed by atoms with van der Waals surface area (Å²) in [6.45, 7) is 3.99. The van der Waals surface area contributed by atoms with Gasteiger partial charge in [0.15, 0.2) is 5.69 Å². The van der Waals surface area contributed by atoms with Crippen LogP contribution in [0.1, 0.15) is 80.9 Å². The molecule has 0 spiro atoms. The lowest BCUT2D eigenvalue weighted by Crippen LogP contribution is -2.27. The molecule has 0 atom stereocenters. The number of aromatic nitrogens is 2. The summed E-state index contributed by atoms with van der Waals surface area (Å²) in [6.07, 6.45) is 6.17. The molecular formula is C22H36N4O6. The quantitative estimate of drug-likeness (QED) is 0.198. The second-order valence-electron chi connectivity index (χ2n) is 7.63. The van der Waals surface area contributed by atoms with Crippen molar-refractivity contribution < 1.29 is 28.7 Å². The van der Waals surface area contributed by atoms with E-state index in [-0.39, 0.29) is 30.7 Å². The number of hydrogen-bond donors (Lipinski definition) is 2. The van der Waals surface area contributed by atoms with Crippen molar-refractivity contribution in [2.24, 2.45) is 18.8 Å². The highest BCUT2D eigenvalue weighted by Crippen LogP contribution is 2.36. The molecule has 0 amide bonds. The molecule has 2 aliphatic carbocycles. The summed E-state index contributed by atoms with van der Waals surface area (Å²) < 4.78 is 11.2. The van der Waals surface area contributed by atoms with Gasteiger partial charge in [0.2, 0.25) is 5.78 Å². The van der Waals surface area contributed by atoms with E-state index in [0.29, 0.717) is 18.2 Å². The number of esters is 2. The van der Waals surface area contributed by atoms with E-state index in [1.54, 1.807) is 25.6 Å². The molecule has 0 unspecified atom stereocenters. The molecule has 1 aromatic rings. The van der Waals surface area contributed by atoms with Crippen LogP contribution in [0.15, 0.2) is 6.07 Å². The molecular weight excluding hydrogens is 416 g/mol. The Labute approximate surface area is 189 Å². The van der Waals surface area contributed by atoms with E-state index in [0.717, 1.165) is 25.0 Å². The lowest BCUT2D eigenvalue weighted by atomic mass is 9.81. The number of carbonyl (C=O) groups is 4. The van der Waals surface area contributed by atoms with Gasteiger partial charge in [-0.25, -0.2) is 9.59 Å². The first-order valence-corrected chi connectivity index (χ1v) is 11.1. The van der Waals surface area contributed by atoms with Gasteiger partial charge in [0.25, 0.3) is 0 Å². The van der Waals surface area contributed by atoms with Gasteiger partial charge in [0, 0.05) is 24.6 Å². The summed E-state index contributed by atoms with van der Waals surface area (Å²) in [5, 5.41) is 4.17. The fraction of sp³-hybridized carbons (Fsp3) is 0.682. The second-order valence-corrected chi connectivity index (χ2v) is 7.63. The molecule has 0 bridgehead atoms. The van der Waals surface area contributed by atoms with E-state index < -0.39 is 11.8 Å². The number of nitrogens with zero attached hydrogens (tertiary/aromatic N) is 2.